The second-order valence-electron chi connectivity index (χ2n) is 7.20. The molecule has 0 bridgehead atoms. The lowest BCUT2D eigenvalue weighted by Gasteiger charge is -2.18. The summed E-state index contributed by atoms with van der Waals surface area (Å²) in [4.78, 5) is 33.4. The Balaban J connectivity index is 1.39. The average molecular weight is 380 g/mol. The average Bonchev–Trinajstić information content (AvgIpc) is 3.39. The summed E-state index contributed by atoms with van der Waals surface area (Å²) in [5.74, 6) is 1.01. The van der Waals surface area contributed by atoms with Gasteiger partial charge in [-0.2, -0.15) is 0 Å². The van der Waals surface area contributed by atoms with Gasteiger partial charge in [-0.05, 0) is 37.1 Å². The third-order valence-corrected chi connectivity index (χ3v) is 5.31. The van der Waals surface area contributed by atoms with Gasteiger partial charge in [-0.1, -0.05) is 6.07 Å². The van der Waals surface area contributed by atoms with E-state index in [0.29, 0.717) is 18.0 Å². The van der Waals surface area contributed by atoms with Gasteiger partial charge < -0.3 is 19.9 Å². The smallest absolute Gasteiger partial charge is 0.229 e. The van der Waals surface area contributed by atoms with Crippen LogP contribution in [0.3, 0.4) is 0 Å². The molecule has 2 aliphatic heterocycles. The van der Waals surface area contributed by atoms with Crippen LogP contribution in [0.5, 0.6) is 5.75 Å². The van der Waals surface area contributed by atoms with Crippen molar-refractivity contribution in [2.75, 3.05) is 41.9 Å². The fraction of sp³-hybridized carbons (Fsp3) is 0.381. The highest BCUT2D eigenvalue weighted by atomic mass is 16.5. The maximum Gasteiger partial charge on any atom is 0.229 e. The number of anilines is 3. The van der Waals surface area contributed by atoms with Crippen molar-refractivity contribution in [2.45, 2.75) is 19.3 Å². The SMILES string of the molecule is COc1cccc(N2C[C@@H](C(=O)Nc3ccc(N4CCCC4)nc3)CC2=O)c1. The van der Waals surface area contributed by atoms with Crippen LogP contribution in [-0.4, -0.2) is 43.5 Å². The number of hydrogen-bond donors (Lipinski definition) is 1. The number of carbonyl (C=O) groups excluding carboxylic acids is 2. The number of nitrogens with zero attached hydrogens (tertiary/aromatic N) is 3. The first-order valence-electron chi connectivity index (χ1n) is 9.60. The number of amides is 2. The van der Waals surface area contributed by atoms with Gasteiger partial charge in [0.15, 0.2) is 0 Å². The molecule has 3 heterocycles. The zero-order chi connectivity index (χ0) is 19.5. The fourth-order valence-electron chi connectivity index (χ4n) is 3.75. The molecule has 2 fully saturated rings. The summed E-state index contributed by atoms with van der Waals surface area (Å²) in [7, 11) is 1.59. The summed E-state index contributed by atoms with van der Waals surface area (Å²) in [6.07, 6.45) is 4.27. The van der Waals surface area contributed by atoms with E-state index in [0.717, 1.165) is 24.6 Å². The molecule has 2 saturated heterocycles. The van der Waals surface area contributed by atoms with Gasteiger partial charge in [0.2, 0.25) is 11.8 Å². The maximum absolute atomic E-state index is 12.6. The van der Waals surface area contributed by atoms with Crippen molar-refractivity contribution in [2.24, 2.45) is 5.92 Å². The number of nitrogens with one attached hydrogen (secondary N) is 1. The van der Waals surface area contributed by atoms with Crippen LogP contribution in [0.15, 0.2) is 42.6 Å². The first-order chi connectivity index (χ1) is 13.6. The Morgan fingerprint density at radius 1 is 1.21 bits per heavy atom. The quantitative estimate of drug-likeness (QED) is 0.863. The molecule has 0 radical (unpaired) electrons. The Morgan fingerprint density at radius 2 is 2.04 bits per heavy atom. The second-order valence-corrected chi connectivity index (χ2v) is 7.20. The Kier molecular flexibility index (Phi) is 5.14. The number of rotatable bonds is 5. The molecule has 0 saturated carbocycles. The van der Waals surface area contributed by atoms with Gasteiger partial charge in [-0.25, -0.2) is 4.98 Å². The fourth-order valence-corrected chi connectivity index (χ4v) is 3.75. The Bertz CT molecular complexity index is 862. The normalized spacial score (nSPS) is 19.2. The van der Waals surface area contributed by atoms with Crippen LogP contribution < -0.4 is 19.9 Å². The van der Waals surface area contributed by atoms with Crippen molar-refractivity contribution in [3.8, 4) is 5.75 Å². The Labute approximate surface area is 164 Å². The second kappa shape index (κ2) is 7.88. The largest absolute Gasteiger partial charge is 0.497 e. The van der Waals surface area contributed by atoms with Gasteiger partial charge in [0.25, 0.3) is 0 Å². The number of aromatic nitrogens is 1. The molecule has 2 aliphatic rings. The lowest BCUT2D eigenvalue weighted by atomic mass is 10.1. The Hall–Kier alpha value is -3.09. The number of pyridine rings is 1. The van der Waals surface area contributed by atoms with Crippen LogP contribution in [-0.2, 0) is 9.59 Å². The van der Waals surface area contributed by atoms with Gasteiger partial charge >= 0.3 is 0 Å². The highest BCUT2D eigenvalue weighted by Crippen LogP contribution is 2.28. The molecule has 146 valence electrons. The molecule has 1 aromatic heterocycles. The summed E-state index contributed by atoms with van der Waals surface area (Å²) in [5.41, 5.74) is 1.40. The molecule has 7 nitrogen and oxygen atoms in total. The molecule has 1 atom stereocenters. The van der Waals surface area contributed by atoms with Crippen LogP contribution in [0.4, 0.5) is 17.2 Å². The molecular formula is C21H24N4O3. The van der Waals surface area contributed by atoms with E-state index in [1.54, 1.807) is 24.3 Å². The van der Waals surface area contributed by atoms with Gasteiger partial charge in [-0.15, -0.1) is 0 Å². The lowest BCUT2D eigenvalue weighted by Crippen LogP contribution is -2.28. The summed E-state index contributed by atoms with van der Waals surface area (Å²) in [6, 6.07) is 11.1. The van der Waals surface area contributed by atoms with Gasteiger partial charge in [0, 0.05) is 37.8 Å². The number of hydrogen-bond acceptors (Lipinski definition) is 5. The third kappa shape index (κ3) is 3.78. The monoisotopic (exact) mass is 380 g/mol. The van der Waals surface area contributed by atoms with E-state index >= 15 is 0 Å². The van der Waals surface area contributed by atoms with E-state index in [-0.39, 0.29) is 18.2 Å². The van der Waals surface area contributed by atoms with Gasteiger partial charge in [0.05, 0.1) is 24.9 Å². The molecule has 2 aromatic rings. The minimum absolute atomic E-state index is 0.0593. The highest BCUT2D eigenvalue weighted by molar-refractivity contribution is 6.03. The molecule has 7 heteroatoms. The van der Waals surface area contributed by atoms with Crippen LogP contribution in [0.2, 0.25) is 0 Å². The van der Waals surface area contributed by atoms with E-state index in [2.05, 4.69) is 15.2 Å². The Morgan fingerprint density at radius 3 is 2.75 bits per heavy atom. The lowest BCUT2D eigenvalue weighted by molar-refractivity contribution is -0.122. The van der Waals surface area contributed by atoms with Crippen molar-refractivity contribution in [3.63, 3.8) is 0 Å². The van der Waals surface area contributed by atoms with Crippen LogP contribution in [0.1, 0.15) is 19.3 Å². The van der Waals surface area contributed by atoms with Crippen molar-refractivity contribution in [1.82, 2.24) is 4.98 Å². The maximum atomic E-state index is 12.6. The molecule has 1 aromatic carbocycles. The molecule has 1 N–H and O–H groups in total. The summed E-state index contributed by atoms with van der Waals surface area (Å²) in [5, 5.41) is 2.89. The van der Waals surface area contributed by atoms with Crippen LogP contribution >= 0.6 is 0 Å². The first kappa shape index (κ1) is 18.3. The van der Waals surface area contributed by atoms with Crippen molar-refractivity contribution < 1.29 is 14.3 Å². The van der Waals surface area contributed by atoms with E-state index in [1.807, 2.05) is 30.3 Å². The molecule has 4 rings (SSSR count). The minimum atomic E-state index is -0.392. The number of carbonyl (C=O) groups is 2. The van der Waals surface area contributed by atoms with E-state index in [1.165, 1.54) is 12.8 Å². The predicted molar refractivity (Wildman–Crippen MR) is 108 cm³/mol. The number of benzene rings is 1. The van der Waals surface area contributed by atoms with Crippen LogP contribution in [0, 0.1) is 5.92 Å². The third-order valence-electron chi connectivity index (χ3n) is 5.31. The minimum Gasteiger partial charge on any atom is -0.497 e. The van der Waals surface area contributed by atoms with Crippen molar-refractivity contribution in [3.05, 3.63) is 42.6 Å². The molecule has 2 amide bonds. The standard InChI is InChI=1S/C21H24N4O3/c1-28-18-6-4-5-17(12-18)25-14-15(11-20(25)26)21(27)23-16-7-8-19(22-13-16)24-9-2-3-10-24/h4-8,12-13,15H,2-3,9-11,14H2,1H3,(H,23,27)/t15-/m0/s1. The zero-order valence-corrected chi connectivity index (χ0v) is 15.9. The molecule has 0 unspecified atom stereocenters. The van der Waals surface area contributed by atoms with E-state index in [4.69, 9.17) is 4.74 Å². The topological polar surface area (TPSA) is 74.8 Å². The van der Waals surface area contributed by atoms with E-state index in [9.17, 15) is 9.59 Å². The predicted octanol–water partition coefficient (Wildman–Crippen LogP) is 2.68. The van der Waals surface area contributed by atoms with Crippen LogP contribution in [0.25, 0.3) is 0 Å². The molecule has 0 aliphatic carbocycles. The zero-order valence-electron chi connectivity index (χ0n) is 15.9. The first-order valence-corrected chi connectivity index (χ1v) is 9.60. The van der Waals surface area contributed by atoms with Gasteiger partial charge in [0.1, 0.15) is 11.6 Å². The summed E-state index contributed by atoms with van der Waals surface area (Å²) < 4.78 is 5.22. The molecule has 0 spiro atoms. The van der Waals surface area contributed by atoms with E-state index < -0.39 is 5.92 Å². The van der Waals surface area contributed by atoms with Crippen molar-refractivity contribution in [1.29, 1.82) is 0 Å². The number of methoxy groups -OCH3 is 1. The highest BCUT2D eigenvalue weighted by Gasteiger charge is 2.35. The number of ether oxygens (including phenoxy) is 1. The summed E-state index contributed by atoms with van der Waals surface area (Å²) >= 11 is 0. The van der Waals surface area contributed by atoms with Crippen molar-refractivity contribution >= 4 is 29.0 Å². The molecule has 28 heavy (non-hydrogen) atoms. The summed E-state index contributed by atoms with van der Waals surface area (Å²) in [6.45, 7) is 2.42. The molecular weight excluding hydrogens is 356 g/mol. The van der Waals surface area contributed by atoms with Gasteiger partial charge in [-0.3, -0.25) is 9.59 Å².